The van der Waals surface area contributed by atoms with Crippen molar-refractivity contribution < 1.29 is 75.6 Å². The number of nitrogens with zero attached hydrogens (tertiary/aromatic N) is 2. The lowest BCUT2D eigenvalue weighted by Gasteiger charge is -2.41. The summed E-state index contributed by atoms with van der Waals surface area (Å²) < 4.78 is 208. The topological polar surface area (TPSA) is 63.5 Å². The molecule has 0 heterocycles. The first-order valence-corrected chi connectivity index (χ1v) is 12.8. The molecule has 1 amide bonds. The normalized spacial score (nSPS) is 13.4. The fourth-order valence-corrected chi connectivity index (χ4v) is 3.92. The number of anilines is 1. The summed E-state index contributed by atoms with van der Waals surface area (Å²) in [6, 6.07) is 13.9. The van der Waals surface area contributed by atoms with Crippen LogP contribution in [0.4, 0.5) is 77.2 Å². The molecule has 264 valence electrons. The van der Waals surface area contributed by atoms with Crippen molar-refractivity contribution in [3.05, 3.63) is 106 Å². The number of nitro groups is 1. The third kappa shape index (κ3) is 6.57. The van der Waals surface area contributed by atoms with Crippen LogP contribution in [0.25, 0.3) is 0 Å². The summed E-state index contributed by atoms with van der Waals surface area (Å²) in [5, 5.41) is 11.0. The Morgan fingerprint density at radius 1 is 0.612 bits per heavy atom. The highest BCUT2D eigenvalue weighted by Gasteiger charge is 2.94. The monoisotopic (exact) mass is 724 g/mol. The molecule has 0 atom stereocenters. The molecule has 0 radical (unpaired) electrons. The molecule has 3 aromatic carbocycles. The number of hydrogen-bond donors (Lipinski definition) is 0. The Morgan fingerprint density at radius 3 is 1.59 bits per heavy atom. The molecule has 0 N–H and O–H groups in total. The molecular weight excluding hydrogens is 709 g/mol. The van der Waals surface area contributed by atoms with Gasteiger partial charge in [-0.3, -0.25) is 14.9 Å². The van der Waals surface area contributed by atoms with Gasteiger partial charge in [-0.2, -0.15) is 65.9 Å². The van der Waals surface area contributed by atoms with E-state index in [-0.39, 0.29) is 5.56 Å². The second-order valence-electron chi connectivity index (χ2n) is 9.89. The van der Waals surface area contributed by atoms with E-state index in [1.165, 1.54) is 24.3 Å². The second-order valence-corrected chi connectivity index (χ2v) is 9.89. The highest BCUT2D eigenvalue weighted by atomic mass is 19.4. The van der Waals surface area contributed by atoms with Gasteiger partial charge < -0.3 is 4.90 Å². The van der Waals surface area contributed by atoms with Crippen LogP contribution in [-0.2, 0) is 11.3 Å². The molecule has 0 spiro atoms. The van der Waals surface area contributed by atoms with Gasteiger partial charge in [-0.05, 0) is 29.8 Å². The molecule has 3 rings (SSSR count). The van der Waals surface area contributed by atoms with Gasteiger partial charge >= 0.3 is 47.6 Å². The van der Waals surface area contributed by atoms with Crippen LogP contribution in [0.5, 0.6) is 0 Å². The Balaban J connectivity index is 2.21. The summed E-state index contributed by atoms with van der Waals surface area (Å²) in [5.41, 5.74) is -2.35. The van der Waals surface area contributed by atoms with Crippen LogP contribution in [0, 0.1) is 22.0 Å². The highest BCUT2D eigenvalue weighted by Crippen LogP contribution is 2.62. The van der Waals surface area contributed by atoms with Crippen LogP contribution in [0.15, 0.2) is 78.9 Å². The molecule has 0 fully saturated rings. The van der Waals surface area contributed by atoms with Gasteiger partial charge in [-0.15, -0.1) is 0 Å². The average Bonchev–Trinajstić information content (AvgIpc) is 3.02. The smallest absolute Gasteiger partial charge is 0.301 e. The number of rotatable bonds is 10. The Hall–Kier alpha value is -4.96. The van der Waals surface area contributed by atoms with Gasteiger partial charge in [0.05, 0.1) is 17.2 Å². The number of carbonyl (C=O) groups excluding carboxylic acids is 1. The van der Waals surface area contributed by atoms with Gasteiger partial charge in [-0.25, -0.2) is 0 Å². The van der Waals surface area contributed by atoms with Gasteiger partial charge in [0.1, 0.15) is 0 Å². The lowest BCUT2D eigenvalue weighted by Crippen LogP contribution is -2.74. The van der Waals surface area contributed by atoms with Crippen LogP contribution >= 0.6 is 0 Å². The Morgan fingerprint density at radius 2 is 1.08 bits per heavy atom. The number of para-hydroxylation sites is 1. The van der Waals surface area contributed by atoms with Crippen LogP contribution in [-0.4, -0.2) is 52.5 Å². The number of carbonyl (C=O) groups is 1. The van der Waals surface area contributed by atoms with Crippen molar-refractivity contribution in [2.45, 2.75) is 48.3 Å². The molecule has 0 saturated heterocycles. The van der Waals surface area contributed by atoms with E-state index in [0.717, 1.165) is 30.3 Å². The van der Waals surface area contributed by atoms with E-state index >= 15 is 8.78 Å². The lowest BCUT2D eigenvalue weighted by atomic mass is 9.90. The van der Waals surface area contributed by atoms with Crippen LogP contribution < -0.4 is 4.90 Å². The number of non-ortho nitro benzene ring substituents is 1. The van der Waals surface area contributed by atoms with E-state index in [4.69, 9.17) is 0 Å². The minimum Gasteiger partial charge on any atom is -0.301 e. The molecule has 3 aromatic rings. The van der Waals surface area contributed by atoms with Crippen molar-refractivity contribution >= 4 is 17.3 Å². The van der Waals surface area contributed by atoms with Crippen molar-refractivity contribution in [3.63, 3.8) is 0 Å². The number of nitro benzene ring substituents is 1. The SMILES string of the molecule is O=C(N(Cc1ccc([N+](=O)[O-])cc1)c1ccccc1C#Cc1ccccc1)C(F)(F)C(F)(F)C(F)(F)C(F)(F)C(F)(F)C(F)(F)C(F)(F)F. The number of halogens is 15. The van der Waals surface area contributed by atoms with E-state index in [1.54, 1.807) is 6.07 Å². The molecular formula is C29H15F15N2O3. The number of benzene rings is 3. The summed E-state index contributed by atoms with van der Waals surface area (Å²) in [6.45, 7) is -1.42. The highest BCUT2D eigenvalue weighted by molar-refractivity contribution is 6.00. The predicted octanol–water partition coefficient (Wildman–Crippen LogP) is 8.90. The lowest BCUT2D eigenvalue weighted by molar-refractivity contribution is -0.449. The predicted molar refractivity (Wildman–Crippen MR) is 139 cm³/mol. The van der Waals surface area contributed by atoms with E-state index in [2.05, 4.69) is 11.8 Å². The number of amides is 1. The maximum absolute atomic E-state index is 15.2. The third-order valence-electron chi connectivity index (χ3n) is 6.64. The second kappa shape index (κ2) is 12.8. The fourth-order valence-electron chi connectivity index (χ4n) is 3.92. The van der Waals surface area contributed by atoms with E-state index < -0.39 is 86.5 Å². The van der Waals surface area contributed by atoms with Gasteiger partial charge in [0.2, 0.25) is 0 Å². The van der Waals surface area contributed by atoms with Crippen molar-refractivity contribution in [1.82, 2.24) is 0 Å². The van der Waals surface area contributed by atoms with E-state index in [0.29, 0.717) is 18.2 Å². The summed E-state index contributed by atoms with van der Waals surface area (Å²) in [6.07, 6.45) is -7.78. The first-order valence-electron chi connectivity index (χ1n) is 12.8. The zero-order valence-corrected chi connectivity index (χ0v) is 23.5. The minimum absolute atomic E-state index is 0.223. The standard InChI is InChI=1S/C29H15F15N2O3/c30-23(31,24(32,33)25(34,35)26(36,37)27(38,39)28(40,41)29(42,43)44)22(47)45(16-18-11-14-20(15-12-18)46(48)49)21-9-5-4-8-19(21)13-10-17-6-2-1-3-7-17/h1-9,11-12,14-15H,16H2. The molecule has 0 aliphatic heterocycles. The molecule has 0 unspecified atom stereocenters. The van der Waals surface area contributed by atoms with E-state index in [9.17, 15) is 72.0 Å². The van der Waals surface area contributed by atoms with Gasteiger partial charge in [0.25, 0.3) is 5.69 Å². The van der Waals surface area contributed by atoms with Crippen molar-refractivity contribution in [1.29, 1.82) is 0 Å². The van der Waals surface area contributed by atoms with Crippen LogP contribution in [0.1, 0.15) is 16.7 Å². The van der Waals surface area contributed by atoms with Crippen molar-refractivity contribution in [2.75, 3.05) is 4.90 Å². The average molecular weight is 724 g/mol. The fraction of sp³-hybridized carbons (Fsp3) is 0.276. The Bertz CT molecular complexity index is 1750. The summed E-state index contributed by atoms with van der Waals surface area (Å²) in [4.78, 5) is 22.5. The zero-order chi connectivity index (χ0) is 37.4. The van der Waals surface area contributed by atoms with Crippen molar-refractivity contribution in [2.24, 2.45) is 0 Å². The molecule has 0 aromatic heterocycles. The van der Waals surface area contributed by atoms with Gasteiger partial charge in [0.15, 0.2) is 0 Å². The Labute approximate surface area is 264 Å². The minimum atomic E-state index is -8.59. The zero-order valence-electron chi connectivity index (χ0n) is 23.5. The number of hydrogen-bond acceptors (Lipinski definition) is 3. The summed E-state index contributed by atoms with van der Waals surface area (Å²) in [5.74, 6) is -47.9. The molecule has 0 bridgehead atoms. The molecule has 20 heteroatoms. The summed E-state index contributed by atoms with van der Waals surface area (Å²) >= 11 is 0. The van der Waals surface area contributed by atoms with Crippen LogP contribution in [0.3, 0.4) is 0 Å². The maximum Gasteiger partial charge on any atom is 0.460 e. The van der Waals surface area contributed by atoms with Gasteiger partial charge in [-0.1, -0.05) is 54.3 Å². The summed E-state index contributed by atoms with van der Waals surface area (Å²) in [7, 11) is 0. The molecule has 5 nitrogen and oxygen atoms in total. The molecule has 0 aliphatic rings. The molecule has 0 saturated carbocycles. The molecule has 49 heavy (non-hydrogen) atoms. The Kier molecular flexibility index (Phi) is 10.1. The van der Waals surface area contributed by atoms with E-state index in [1.807, 2.05) is 0 Å². The van der Waals surface area contributed by atoms with Gasteiger partial charge in [0, 0.05) is 23.3 Å². The molecule has 0 aliphatic carbocycles. The maximum atomic E-state index is 15.2. The quantitative estimate of drug-likeness (QED) is 0.0909. The third-order valence-corrected chi connectivity index (χ3v) is 6.64. The first kappa shape index (κ1) is 38.5. The first-order chi connectivity index (χ1) is 22.3. The number of alkyl halides is 15. The van der Waals surface area contributed by atoms with Crippen molar-refractivity contribution in [3.8, 4) is 11.8 Å². The van der Waals surface area contributed by atoms with Crippen LogP contribution in [0.2, 0.25) is 0 Å². The largest absolute Gasteiger partial charge is 0.460 e.